The van der Waals surface area contributed by atoms with Gasteiger partial charge in [-0.15, -0.1) is 0 Å². The molecule has 2 aliphatic rings. The van der Waals surface area contributed by atoms with Crippen molar-refractivity contribution < 1.29 is 4.79 Å². The summed E-state index contributed by atoms with van der Waals surface area (Å²) in [5, 5.41) is 7.41. The third kappa shape index (κ3) is 5.08. The van der Waals surface area contributed by atoms with Crippen LogP contribution in [-0.4, -0.2) is 43.0 Å². The molecule has 0 bridgehead atoms. The number of halogens is 2. The molecule has 3 rings (SSSR count). The van der Waals surface area contributed by atoms with Crippen LogP contribution in [-0.2, 0) is 4.79 Å². The van der Waals surface area contributed by atoms with Crippen molar-refractivity contribution in [2.75, 3.05) is 31.5 Å². The first-order valence-corrected chi connectivity index (χ1v) is 9.07. The van der Waals surface area contributed by atoms with E-state index in [2.05, 4.69) is 15.5 Å². The summed E-state index contributed by atoms with van der Waals surface area (Å²) < 4.78 is 0. The standard InChI is InChI=1S/C17H23Cl2N3O/c18-14-2-1-3-15(19)17(14)21-16(23)11-22-8-6-13(7-9-22)20-10-12-4-5-12/h1-3,12-13,20H,4-11H2,(H,21,23). The summed E-state index contributed by atoms with van der Waals surface area (Å²) in [7, 11) is 0. The Labute approximate surface area is 147 Å². The lowest BCUT2D eigenvalue weighted by molar-refractivity contribution is -0.117. The summed E-state index contributed by atoms with van der Waals surface area (Å²) in [5.74, 6) is 0.851. The van der Waals surface area contributed by atoms with Gasteiger partial charge in [0.25, 0.3) is 0 Å². The van der Waals surface area contributed by atoms with Gasteiger partial charge in [-0.25, -0.2) is 0 Å². The summed E-state index contributed by atoms with van der Waals surface area (Å²) in [6, 6.07) is 5.81. The van der Waals surface area contributed by atoms with Crippen molar-refractivity contribution in [1.82, 2.24) is 10.2 Å². The zero-order chi connectivity index (χ0) is 16.2. The second-order valence-corrected chi connectivity index (χ2v) is 7.36. The van der Waals surface area contributed by atoms with Gasteiger partial charge in [-0.2, -0.15) is 0 Å². The molecule has 0 atom stereocenters. The molecule has 6 heteroatoms. The molecule has 1 saturated heterocycles. The van der Waals surface area contributed by atoms with Crippen molar-refractivity contribution in [1.29, 1.82) is 0 Å². The molecule has 2 N–H and O–H groups in total. The van der Waals surface area contributed by atoms with Crippen molar-refractivity contribution in [3.63, 3.8) is 0 Å². The normalized spacial score (nSPS) is 19.7. The van der Waals surface area contributed by atoms with E-state index in [9.17, 15) is 4.79 Å². The van der Waals surface area contributed by atoms with E-state index in [4.69, 9.17) is 23.2 Å². The first-order chi connectivity index (χ1) is 11.1. The molecule has 1 heterocycles. The highest BCUT2D eigenvalue weighted by Crippen LogP contribution is 2.30. The van der Waals surface area contributed by atoms with E-state index in [1.54, 1.807) is 18.2 Å². The lowest BCUT2D eigenvalue weighted by Crippen LogP contribution is -2.45. The monoisotopic (exact) mass is 355 g/mol. The SMILES string of the molecule is O=C(CN1CCC(NCC2CC2)CC1)Nc1c(Cl)cccc1Cl. The molecule has 0 spiro atoms. The Morgan fingerprint density at radius 1 is 1.13 bits per heavy atom. The number of carbonyl (C=O) groups excluding carboxylic acids is 1. The summed E-state index contributed by atoms with van der Waals surface area (Å²) in [6.45, 7) is 3.45. The molecule has 1 aromatic carbocycles. The first kappa shape index (κ1) is 17.0. The summed E-state index contributed by atoms with van der Waals surface area (Å²) in [4.78, 5) is 14.4. The number of amides is 1. The van der Waals surface area contributed by atoms with E-state index in [0.29, 0.717) is 28.3 Å². The number of nitrogens with one attached hydrogen (secondary N) is 2. The molecule has 0 aromatic heterocycles. The van der Waals surface area contributed by atoms with Crippen LogP contribution in [0.1, 0.15) is 25.7 Å². The van der Waals surface area contributed by atoms with Gasteiger partial charge in [0, 0.05) is 19.1 Å². The fourth-order valence-corrected chi connectivity index (χ4v) is 3.44. The van der Waals surface area contributed by atoms with Crippen LogP contribution >= 0.6 is 23.2 Å². The lowest BCUT2D eigenvalue weighted by atomic mass is 10.0. The number of carbonyl (C=O) groups is 1. The zero-order valence-corrected chi connectivity index (χ0v) is 14.7. The number of likely N-dealkylation sites (tertiary alicyclic amines) is 1. The van der Waals surface area contributed by atoms with Crippen LogP contribution in [0.2, 0.25) is 10.0 Å². The van der Waals surface area contributed by atoms with E-state index < -0.39 is 0 Å². The quantitative estimate of drug-likeness (QED) is 0.821. The molecule has 1 aromatic rings. The minimum absolute atomic E-state index is 0.0654. The van der Waals surface area contributed by atoms with Crippen molar-refractivity contribution in [2.45, 2.75) is 31.7 Å². The fraction of sp³-hybridized carbons (Fsp3) is 0.588. The first-order valence-electron chi connectivity index (χ1n) is 8.31. The Kier molecular flexibility index (Phi) is 5.81. The summed E-state index contributed by atoms with van der Waals surface area (Å²) in [5.41, 5.74) is 0.502. The van der Waals surface area contributed by atoms with Crippen LogP contribution in [0.4, 0.5) is 5.69 Å². The van der Waals surface area contributed by atoms with E-state index in [0.717, 1.165) is 38.4 Å². The summed E-state index contributed by atoms with van der Waals surface area (Å²) in [6.07, 6.45) is 4.98. The molecule has 4 nitrogen and oxygen atoms in total. The molecular weight excluding hydrogens is 333 g/mol. The van der Waals surface area contributed by atoms with Crippen molar-refractivity contribution >= 4 is 34.8 Å². The average molecular weight is 356 g/mol. The number of nitrogens with zero attached hydrogens (tertiary/aromatic N) is 1. The predicted molar refractivity (Wildman–Crippen MR) is 95.3 cm³/mol. The molecule has 0 radical (unpaired) electrons. The van der Waals surface area contributed by atoms with Gasteiger partial charge in [-0.3, -0.25) is 9.69 Å². The molecule has 126 valence electrons. The van der Waals surface area contributed by atoms with Gasteiger partial charge in [0.05, 0.1) is 22.3 Å². The molecule has 2 fully saturated rings. The number of hydrogen-bond donors (Lipinski definition) is 2. The molecule has 1 amide bonds. The van der Waals surface area contributed by atoms with Crippen LogP contribution in [0.15, 0.2) is 18.2 Å². The largest absolute Gasteiger partial charge is 0.322 e. The number of piperidine rings is 1. The van der Waals surface area contributed by atoms with Gasteiger partial charge in [-0.05, 0) is 50.3 Å². The second kappa shape index (κ2) is 7.84. The Balaban J connectivity index is 1.42. The van der Waals surface area contributed by atoms with E-state index in [-0.39, 0.29) is 5.91 Å². The molecular formula is C17H23Cl2N3O. The van der Waals surface area contributed by atoms with Gasteiger partial charge in [-0.1, -0.05) is 29.3 Å². The van der Waals surface area contributed by atoms with Crippen LogP contribution in [0.3, 0.4) is 0 Å². The number of benzene rings is 1. The number of rotatable bonds is 6. The topological polar surface area (TPSA) is 44.4 Å². The maximum atomic E-state index is 12.2. The molecule has 0 unspecified atom stereocenters. The Hall–Kier alpha value is -0.810. The maximum absolute atomic E-state index is 12.2. The Morgan fingerprint density at radius 3 is 2.39 bits per heavy atom. The Bertz CT molecular complexity index is 535. The van der Waals surface area contributed by atoms with Gasteiger partial charge < -0.3 is 10.6 Å². The molecule has 23 heavy (non-hydrogen) atoms. The zero-order valence-electron chi connectivity index (χ0n) is 13.2. The van der Waals surface area contributed by atoms with Crippen LogP contribution in [0.5, 0.6) is 0 Å². The highest BCUT2D eigenvalue weighted by Gasteiger charge is 2.25. The lowest BCUT2D eigenvalue weighted by Gasteiger charge is -2.32. The molecule has 1 saturated carbocycles. The number of para-hydroxylation sites is 1. The molecule has 1 aliphatic carbocycles. The van der Waals surface area contributed by atoms with Gasteiger partial charge in [0.1, 0.15) is 0 Å². The molecule has 1 aliphatic heterocycles. The van der Waals surface area contributed by atoms with Crippen molar-refractivity contribution in [3.05, 3.63) is 28.2 Å². The van der Waals surface area contributed by atoms with E-state index in [1.807, 2.05) is 0 Å². The number of anilines is 1. The Morgan fingerprint density at radius 2 is 1.78 bits per heavy atom. The highest BCUT2D eigenvalue weighted by atomic mass is 35.5. The van der Waals surface area contributed by atoms with E-state index >= 15 is 0 Å². The predicted octanol–water partition coefficient (Wildman–Crippen LogP) is 3.40. The van der Waals surface area contributed by atoms with Gasteiger partial charge >= 0.3 is 0 Å². The minimum Gasteiger partial charge on any atom is -0.322 e. The van der Waals surface area contributed by atoms with Crippen LogP contribution in [0, 0.1) is 5.92 Å². The van der Waals surface area contributed by atoms with E-state index in [1.165, 1.54) is 12.8 Å². The fourth-order valence-electron chi connectivity index (χ4n) is 2.95. The maximum Gasteiger partial charge on any atom is 0.238 e. The van der Waals surface area contributed by atoms with Crippen molar-refractivity contribution in [3.8, 4) is 0 Å². The third-order valence-electron chi connectivity index (χ3n) is 4.57. The van der Waals surface area contributed by atoms with Gasteiger partial charge in [0.2, 0.25) is 5.91 Å². The van der Waals surface area contributed by atoms with Crippen LogP contribution in [0.25, 0.3) is 0 Å². The number of hydrogen-bond acceptors (Lipinski definition) is 3. The minimum atomic E-state index is -0.0654. The average Bonchev–Trinajstić information content (AvgIpc) is 3.35. The van der Waals surface area contributed by atoms with Gasteiger partial charge in [0.15, 0.2) is 0 Å². The smallest absolute Gasteiger partial charge is 0.238 e. The van der Waals surface area contributed by atoms with Crippen LogP contribution < -0.4 is 10.6 Å². The third-order valence-corrected chi connectivity index (χ3v) is 5.20. The highest BCUT2D eigenvalue weighted by molar-refractivity contribution is 6.39. The second-order valence-electron chi connectivity index (χ2n) is 6.55. The van der Waals surface area contributed by atoms with Crippen molar-refractivity contribution in [2.24, 2.45) is 5.92 Å². The summed E-state index contributed by atoms with van der Waals surface area (Å²) >= 11 is 12.2.